The molecule has 1 aromatic rings. The maximum Gasteiger partial charge on any atom is 0.169 e. The molecule has 2 aliphatic rings. The maximum absolute atomic E-state index is 10.1. The Hall–Kier alpha value is -0.770. The molecule has 1 aliphatic carbocycles. The molecule has 0 radical (unpaired) electrons. The van der Waals surface area contributed by atoms with E-state index >= 15 is 0 Å². The second-order valence-electron chi connectivity index (χ2n) is 3.46. The molecule has 0 saturated carbocycles. The molecular weight excluding hydrogens is 182 g/mol. The van der Waals surface area contributed by atoms with Gasteiger partial charge in [-0.3, -0.25) is 0 Å². The zero-order chi connectivity index (χ0) is 9.10. The van der Waals surface area contributed by atoms with Crippen molar-refractivity contribution in [3.05, 3.63) is 41.5 Å². The van der Waals surface area contributed by atoms with Gasteiger partial charge in [-0.25, -0.2) is 0 Å². The minimum atomic E-state index is -0.877. The second-order valence-corrected chi connectivity index (χ2v) is 4.93. The first-order valence-electron chi connectivity index (χ1n) is 4.16. The number of nitrogens with two attached hydrogens (primary N) is 1. The van der Waals surface area contributed by atoms with E-state index in [4.69, 9.17) is 5.73 Å². The molecular formula is C10H9NOS. The largest absolute Gasteiger partial charge is 0.372 e. The van der Waals surface area contributed by atoms with Crippen LogP contribution in [0.1, 0.15) is 11.1 Å². The molecule has 1 heterocycles. The van der Waals surface area contributed by atoms with E-state index < -0.39 is 9.80 Å². The molecule has 2 nitrogen and oxygen atoms in total. The third-order valence-corrected chi connectivity index (χ3v) is 4.06. The first-order chi connectivity index (χ1) is 6.16. The topological polar surface area (TPSA) is 46.2 Å². The van der Waals surface area contributed by atoms with Crippen molar-refractivity contribution < 1.29 is 5.11 Å². The molecule has 3 rings (SSSR count). The fourth-order valence-electron chi connectivity index (χ4n) is 1.80. The Morgan fingerprint density at radius 1 is 1.31 bits per heavy atom. The van der Waals surface area contributed by atoms with Crippen molar-refractivity contribution in [2.24, 2.45) is 5.73 Å². The highest BCUT2D eigenvalue weighted by atomic mass is 32.2. The van der Waals surface area contributed by atoms with Crippen molar-refractivity contribution in [3.63, 3.8) is 0 Å². The second kappa shape index (κ2) is 2.00. The summed E-state index contributed by atoms with van der Waals surface area (Å²) in [5, 5.41) is 10.1. The van der Waals surface area contributed by atoms with Gasteiger partial charge in [-0.2, -0.15) is 0 Å². The Labute approximate surface area is 80.4 Å². The quantitative estimate of drug-likeness (QED) is 0.607. The molecule has 2 atom stereocenters. The van der Waals surface area contributed by atoms with Gasteiger partial charge in [0.15, 0.2) is 4.93 Å². The summed E-state index contributed by atoms with van der Waals surface area (Å²) in [6.45, 7) is 0. The predicted molar refractivity (Wildman–Crippen MR) is 53.9 cm³/mol. The minimum absolute atomic E-state index is 0.582. The number of hydrogen-bond acceptors (Lipinski definition) is 3. The van der Waals surface area contributed by atoms with Gasteiger partial charge in [-0.1, -0.05) is 42.1 Å². The fourth-order valence-corrected chi connectivity index (χ4v) is 2.84. The number of rotatable bonds is 0. The lowest BCUT2D eigenvalue weighted by molar-refractivity contribution is 0.153. The third-order valence-electron chi connectivity index (χ3n) is 2.64. The first-order valence-corrected chi connectivity index (χ1v) is 4.98. The lowest BCUT2D eigenvalue weighted by Crippen LogP contribution is -2.33. The number of aliphatic hydroxyl groups is 1. The summed E-state index contributed by atoms with van der Waals surface area (Å²) in [6, 6.07) is 7.81. The van der Waals surface area contributed by atoms with Gasteiger partial charge in [-0.15, -0.1) is 0 Å². The molecule has 3 heteroatoms. The highest BCUT2D eigenvalue weighted by Crippen LogP contribution is 2.68. The van der Waals surface area contributed by atoms with Crippen LogP contribution >= 0.6 is 11.8 Å². The highest BCUT2D eigenvalue weighted by molar-refractivity contribution is 8.09. The van der Waals surface area contributed by atoms with Crippen LogP contribution in [-0.4, -0.2) is 9.98 Å². The summed E-state index contributed by atoms with van der Waals surface area (Å²) in [7, 11) is 0. The Kier molecular flexibility index (Phi) is 1.17. The van der Waals surface area contributed by atoms with Gasteiger partial charge in [0, 0.05) is 5.56 Å². The van der Waals surface area contributed by atoms with Gasteiger partial charge >= 0.3 is 0 Å². The van der Waals surface area contributed by atoms with Crippen LogP contribution in [0.2, 0.25) is 0 Å². The van der Waals surface area contributed by atoms with E-state index in [1.54, 1.807) is 0 Å². The summed E-state index contributed by atoms with van der Waals surface area (Å²) < 4.78 is 0. The molecule has 13 heavy (non-hydrogen) atoms. The Balaban J connectivity index is 2.27. The number of thioether (sulfide) groups is 1. The Morgan fingerprint density at radius 2 is 2.08 bits per heavy atom. The van der Waals surface area contributed by atoms with Gasteiger partial charge in [0.05, 0.1) is 0 Å². The van der Waals surface area contributed by atoms with Crippen molar-refractivity contribution in [1.82, 2.24) is 0 Å². The normalized spacial score (nSPS) is 39.5. The molecule has 0 amide bonds. The van der Waals surface area contributed by atoms with E-state index in [1.165, 1.54) is 11.8 Å². The molecule has 1 aromatic carbocycles. The number of benzene rings is 1. The van der Waals surface area contributed by atoms with Crippen molar-refractivity contribution in [1.29, 1.82) is 0 Å². The average molecular weight is 191 g/mol. The summed E-state index contributed by atoms with van der Waals surface area (Å²) in [4.78, 5) is -1.46. The van der Waals surface area contributed by atoms with Crippen molar-refractivity contribution in [2.75, 3.05) is 0 Å². The third kappa shape index (κ3) is 0.771. The average Bonchev–Trinajstić information content (AvgIpc) is 2.71. The van der Waals surface area contributed by atoms with E-state index in [0.29, 0.717) is 0 Å². The Morgan fingerprint density at radius 3 is 2.92 bits per heavy atom. The van der Waals surface area contributed by atoms with Crippen molar-refractivity contribution >= 4 is 17.8 Å². The molecule has 0 bridgehead atoms. The van der Waals surface area contributed by atoms with E-state index in [0.717, 1.165) is 11.1 Å². The summed E-state index contributed by atoms with van der Waals surface area (Å²) in [5.41, 5.74) is 7.93. The van der Waals surface area contributed by atoms with Crippen LogP contribution < -0.4 is 5.73 Å². The lowest BCUT2D eigenvalue weighted by atomic mass is 9.92. The van der Waals surface area contributed by atoms with Crippen LogP contribution in [0.4, 0.5) is 0 Å². The number of hydrogen-bond donors (Lipinski definition) is 2. The maximum atomic E-state index is 10.1. The first kappa shape index (κ1) is 7.62. The van der Waals surface area contributed by atoms with Crippen molar-refractivity contribution in [2.45, 2.75) is 9.80 Å². The summed E-state index contributed by atoms with van der Waals surface area (Å²) >= 11 is 1.39. The summed E-state index contributed by atoms with van der Waals surface area (Å²) in [6.07, 6.45) is 3.85. The van der Waals surface area contributed by atoms with Crippen molar-refractivity contribution in [3.8, 4) is 0 Å². The summed E-state index contributed by atoms with van der Waals surface area (Å²) in [5.74, 6) is 0. The molecule has 0 aromatic heterocycles. The molecule has 2 unspecified atom stereocenters. The standard InChI is InChI=1S/C10H9NOS/c11-9-6-5-7-3-1-2-4-8(7)10(9,12)13-9/h1-6,12H,11H2. The Bertz CT molecular complexity index is 417. The SMILES string of the molecule is NC12C=Cc3ccccc3C1(O)S2. The van der Waals surface area contributed by atoms with Crippen LogP contribution in [0, 0.1) is 0 Å². The molecule has 3 N–H and O–H groups in total. The van der Waals surface area contributed by atoms with E-state index in [1.807, 2.05) is 36.4 Å². The van der Waals surface area contributed by atoms with Crippen LogP contribution in [0.5, 0.6) is 0 Å². The molecule has 66 valence electrons. The van der Waals surface area contributed by atoms with Gasteiger partial charge in [0.1, 0.15) is 4.87 Å². The minimum Gasteiger partial charge on any atom is -0.372 e. The van der Waals surface area contributed by atoms with Crippen LogP contribution in [0.25, 0.3) is 6.08 Å². The molecule has 1 saturated heterocycles. The van der Waals surface area contributed by atoms with Gasteiger partial charge in [0.2, 0.25) is 0 Å². The molecule has 0 spiro atoms. The van der Waals surface area contributed by atoms with Crippen LogP contribution in [0.3, 0.4) is 0 Å². The smallest absolute Gasteiger partial charge is 0.169 e. The van der Waals surface area contributed by atoms with Crippen LogP contribution in [-0.2, 0) is 4.93 Å². The fraction of sp³-hybridized carbons (Fsp3) is 0.200. The lowest BCUT2D eigenvalue weighted by Gasteiger charge is -2.18. The number of fused-ring (bicyclic) bond motifs is 3. The highest BCUT2D eigenvalue weighted by Gasteiger charge is 2.67. The molecule has 1 fully saturated rings. The predicted octanol–water partition coefficient (Wildman–Crippen LogP) is 1.26. The van der Waals surface area contributed by atoms with Crippen LogP contribution in [0.15, 0.2) is 30.3 Å². The monoisotopic (exact) mass is 191 g/mol. The zero-order valence-corrected chi connectivity index (χ0v) is 7.71. The van der Waals surface area contributed by atoms with Gasteiger partial charge in [0.25, 0.3) is 0 Å². The van der Waals surface area contributed by atoms with E-state index in [9.17, 15) is 5.11 Å². The van der Waals surface area contributed by atoms with E-state index in [-0.39, 0.29) is 0 Å². The molecule has 1 aliphatic heterocycles. The van der Waals surface area contributed by atoms with Gasteiger partial charge in [-0.05, 0) is 11.6 Å². The van der Waals surface area contributed by atoms with Gasteiger partial charge < -0.3 is 10.8 Å². The zero-order valence-electron chi connectivity index (χ0n) is 6.90. The van der Waals surface area contributed by atoms with E-state index in [2.05, 4.69) is 0 Å².